The zero-order chi connectivity index (χ0) is 24.9. The van der Waals surface area contributed by atoms with E-state index in [1.165, 1.54) is 0 Å². The van der Waals surface area contributed by atoms with Crippen molar-refractivity contribution < 1.29 is 0 Å². The lowest BCUT2D eigenvalue weighted by Crippen LogP contribution is -2.21. The molecule has 0 radical (unpaired) electrons. The molecule has 35 heavy (non-hydrogen) atoms. The van der Waals surface area contributed by atoms with Gasteiger partial charge in [-0.2, -0.15) is 10.1 Å². The van der Waals surface area contributed by atoms with Gasteiger partial charge >= 0.3 is 0 Å². The van der Waals surface area contributed by atoms with Gasteiger partial charge in [0.15, 0.2) is 5.84 Å². The highest BCUT2D eigenvalue weighted by molar-refractivity contribution is 6.03. The Labute approximate surface area is 204 Å². The normalized spacial score (nSPS) is 11.7. The van der Waals surface area contributed by atoms with Gasteiger partial charge in [-0.15, -0.1) is 0 Å². The molecule has 0 saturated heterocycles. The number of fused-ring (bicyclic) bond motifs is 1. The number of nitrogens with one attached hydrogen (secondary N) is 1. The number of pyridine rings is 1. The first-order valence-corrected chi connectivity index (χ1v) is 11.8. The molecule has 0 spiro atoms. The third-order valence-corrected chi connectivity index (χ3v) is 6.17. The number of unbranched alkanes of at least 4 members (excludes halogenated alkanes) is 1. The molecule has 0 unspecified atom stereocenters. The van der Waals surface area contributed by atoms with Gasteiger partial charge in [0.1, 0.15) is 17.3 Å². The smallest absolute Gasteiger partial charge is 0.282 e. The summed E-state index contributed by atoms with van der Waals surface area (Å²) in [7, 11) is 1.83. The molecule has 4 aromatic rings. The van der Waals surface area contributed by atoms with Crippen LogP contribution < -0.4 is 22.5 Å². The van der Waals surface area contributed by atoms with Crippen LogP contribution in [0.5, 0.6) is 0 Å². The SMILES string of the molecule is CCCCc1nc(=O)c2c(C)cc(NC)nc2n1Cc1ccc(-c2ccccc2/C(N)=N/N)cc1. The van der Waals surface area contributed by atoms with Crippen LogP contribution in [0.4, 0.5) is 5.82 Å². The number of nitrogens with two attached hydrogens (primary N) is 2. The topological polar surface area (TPSA) is 124 Å². The average molecular weight is 470 g/mol. The molecule has 5 N–H and O–H groups in total. The van der Waals surface area contributed by atoms with Crippen molar-refractivity contribution in [3.8, 4) is 11.1 Å². The molecule has 2 heterocycles. The molecule has 2 aromatic heterocycles. The molecule has 0 amide bonds. The summed E-state index contributed by atoms with van der Waals surface area (Å²) in [5, 5.41) is 7.32. The zero-order valence-corrected chi connectivity index (χ0v) is 20.4. The molecule has 8 nitrogen and oxygen atoms in total. The highest BCUT2D eigenvalue weighted by Gasteiger charge is 2.16. The van der Waals surface area contributed by atoms with Gasteiger partial charge in [-0.3, -0.25) is 4.79 Å². The molecule has 0 fully saturated rings. The quantitative estimate of drug-likeness (QED) is 0.156. The number of hydrogen-bond acceptors (Lipinski definition) is 6. The number of nitrogens with zero attached hydrogens (tertiary/aromatic N) is 4. The van der Waals surface area contributed by atoms with Crippen LogP contribution in [0.1, 0.15) is 42.3 Å². The van der Waals surface area contributed by atoms with Gasteiger partial charge in [0.2, 0.25) is 0 Å². The highest BCUT2D eigenvalue weighted by atomic mass is 16.1. The van der Waals surface area contributed by atoms with Crippen molar-refractivity contribution in [2.24, 2.45) is 16.7 Å². The molecule has 0 aliphatic carbocycles. The summed E-state index contributed by atoms with van der Waals surface area (Å²) in [6.07, 6.45) is 2.68. The molecule has 0 aliphatic rings. The Kier molecular flexibility index (Phi) is 7.10. The van der Waals surface area contributed by atoms with E-state index in [1.54, 1.807) is 0 Å². The standard InChI is InChI=1S/C27H31N7O/c1-4-5-10-23-32-27(35)24-17(2)15-22(30-3)31-26(24)34(23)16-18-11-13-19(14-12-18)20-8-6-7-9-21(20)25(28)33-29/h6-9,11-15H,4-5,10,16,29H2,1-3H3,(H2,28,33)(H,30,31). The summed E-state index contributed by atoms with van der Waals surface area (Å²) in [5.74, 6) is 7.19. The Morgan fingerprint density at radius 2 is 1.86 bits per heavy atom. The van der Waals surface area contributed by atoms with Crippen molar-refractivity contribution in [2.45, 2.75) is 39.7 Å². The minimum Gasteiger partial charge on any atom is -0.382 e. The average Bonchev–Trinajstić information content (AvgIpc) is 2.88. The third kappa shape index (κ3) is 4.87. The summed E-state index contributed by atoms with van der Waals surface area (Å²) < 4.78 is 2.07. The van der Waals surface area contributed by atoms with Crippen molar-refractivity contribution in [3.63, 3.8) is 0 Å². The predicted molar refractivity (Wildman–Crippen MR) is 143 cm³/mol. The molecule has 0 bridgehead atoms. The van der Waals surface area contributed by atoms with Gasteiger partial charge in [0, 0.05) is 19.0 Å². The molecule has 2 aromatic carbocycles. The molecular weight excluding hydrogens is 438 g/mol. The molecular formula is C27H31N7O. The predicted octanol–water partition coefficient (Wildman–Crippen LogP) is 3.78. The molecule has 8 heteroatoms. The Morgan fingerprint density at radius 3 is 2.54 bits per heavy atom. The first-order chi connectivity index (χ1) is 17.0. The fraction of sp³-hybridized carbons (Fsp3) is 0.259. The number of aryl methyl sites for hydroxylation is 2. The van der Waals surface area contributed by atoms with E-state index in [1.807, 2.05) is 44.3 Å². The lowest BCUT2D eigenvalue weighted by atomic mass is 9.98. The third-order valence-electron chi connectivity index (χ3n) is 6.17. The second kappa shape index (κ2) is 10.4. The minimum atomic E-state index is -0.221. The van der Waals surface area contributed by atoms with Gasteiger partial charge < -0.3 is 21.5 Å². The second-order valence-corrected chi connectivity index (χ2v) is 8.55. The zero-order valence-electron chi connectivity index (χ0n) is 20.4. The number of aromatic nitrogens is 3. The van der Waals surface area contributed by atoms with Crippen LogP contribution in [0.15, 0.2) is 64.5 Å². The maximum absolute atomic E-state index is 12.9. The van der Waals surface area contributed by atoms with E-state index < -0.39 is 0 Å². The monoisotopic (exact) mass is 469 g/mol. The summed E-state index contributed by atoms with van der Waals surface area (Å²) in [6, 6.07) is 17.9. The second-order valence-electron chi connectivity index (χ2n) is 8.55. The number of benzene rings is 2. The summed E-state index contributed by atoms with van der Waals surface area (Å²) in [6.45, 7) is 4.60. The molecule has 0 aliphatic heterocycles. The van der Waals surface area contributed by atoms with Crippen LogP contribution in [0.2, 0.25) is 0 Å². The van der Waals surface area contributed by atoms with Crippen LogP contribution in [0, 0.1) is 6.92 Å². The number of amidine groups is 1. The first kappa shape index (κ1) is 23.9. The summed E-state index contributed by atoms with van der Waals surface area (Å²) in [4.78, 5) is 22.1. The maximum atomic E-state index is 12.9. The van der Waals surface area contributed by atoms with Gasteiger partial charge in [0.25, 0.3) is 5.56 Å². The van der Waals surface area contributed by atoms with Crippen LogP contribution >= 0.6 is 0 Å². The van der Waals surface area contributed by atoms with Gasteiger partial charge in [-0.25, -0.2) is 4.98 Å². The van der Waals surface area contributed by atoms with Crippen molar-refractivity contribution in [3.05, 3.63) is 87.5 Å². The van der Waals surface area contributed by atoms with Crippen molar-refractivity contribution in [1.82, 2.24) is 14.5 Å². The van der Waals surface area contributed by atoms with E-state index >= 15 is 0 Å². The number of rotatable bonds is 8. The largest absolute Gasteiger partial charge is 0.382 e. The first-order valence-electron chi connectivity index (χ1n) is 11.8. The Morgan fingerprint density at radius 1 is 1.11 bits per heavy atom. The molecule has 0 saturated carbocycles. The van der Waals surface area contributed by atoms with Crippen molar-refractivity contribution in [2.75, 3.05) is 12.4 Å². The lowest BCUT2D eigenvalue weighted by Gasteiger charge is -2.17. The molecule has 0 atom stereocenters. The molecule has 4 rings (SSSR count). The highest BCUT2D eigenvalue weighted by Crippen LogP contribution is 2.25. The van der Waals surface area contributed by atoms with E-state index in [2.05, 4.69) is 51.2 Å². The maximum Gasteiger partial charge on any atom is 0.282 e. The van der Waals surface area contributed by atoms with E-state index in [-0.39, 0.29) is 11.4 Å². The number of hydrogen-bond donors (Lipinski definition) is 3. The van der Waals surface area contributed by atoms with Crippen LogP contribution in [-0.4, -0.2) is 27.4 Å². The van der Waals surface area contributed by atoms with E-state index in [0.717, 1.165) is 58.7 Å². The Bertz CT molecular complexity index is 1440. The minimum absolute atomic E-state index is 0.221. The van der Waals surface area contributed by atoms with Gasteiger partial charge in [-0.05, 0) is 41.7 Å². The van der Waals surface area contributed by atoms with Crippen LogP contribution in [0.25, 0.3) is 22.2 Å². The van der Waals surface area contributed by atoms with E-state index in [0.29, 0.717) is 17.6 Å². The lowest BCUT2D eigenvalue weighted by molar-refractivity contribution is 0.664. The van der Waals surface area contributed by atoms with Crippen LogP contribution in [0.3, 0.4) is 0 Å². The fourth-order valence-corrected chi connectivity index (χ4v) is 4.29. The van der Waals surface area contributed by atoms with E-state index in [4.69, 9.17) is 16.6 Å². The van der Waals surface area contributed by atoms with E-state index in [9.17, 15) is 4.79 Å². The number of hydrazone groups is 1. The summed E-state index contributed by atoms with van der Waals surface area (Å²) in [5.41, 5.74) is 11.1. The van der Waals surface area contributed by atoms with Crippen LogP contribution in [-0.2, 0) is 13.0 Å². The molecule has 180 valence electrons. The Hall–Kier alpha value is -4.20. The fourth-order valence-electron chi connectivity index (χ4n) is 4.29. The number of anilines is 1. The Balaban J connectivity index is 1.79. The summed E-state index contributed by atoms with van der Waals surface area (Å²) >= 11 is 0. The van der Waals surface area contributed by atoms with Gasteiger partial charge in [-0.1, -0.05) is 61.9 Å². The van der Waals surface area contributed by atoms with Crippen molar-refractivity contribution >= 4 is 22.7 Å². The van der Waals surface area contributed by atoms with Crippen molar-refractivity contribution in [1.29, 1.82) is 0 Å². The van der Waals surface area contributed by atoms with Gasteiger partial charge in [0.05, 0.1) is 11.9 Å².